The van der Waals surface area contributed by atoms with Crippen molar-refractivity contribution in [1.29, 1.82) is 0 Å². The molecule has 5 nitrogen and oxygen atoms in total. The first-order valence-electron chi connectivity index (χ1n) is 18.3. The Balaban J connectivity index is 1.10. The molecule has 3 heterocycles. The molecule has 0 bridgehead atoms. The van der Waals surface area contributed by atoms with Crippen LogP contribution in [0.15, 0.2) is 170 Å². The fourth-order valence-electron chi connectivity index (χ4n) is 8.71. The van der Waals surface area contributed by atoms with Gasteiger partial charge >= 0.3 is 0 Å². The van der Waals surface area contributed by atoms with Crippen molar-refractivity contribution < 1.29 is 4.39 Å². The summed E-state index contributed by atoms with van der Waals surface area (Å²) in [6, 6.07) is 56.4. The number of halogens is 1. The smallest absolute Gasteiger partial charge is 0.189 e. The lowest BCUT2D eigenvalue weighted by molar-refractivity contribution is 0.627. The number of rotatable bonds is 4. The van der Waals surface area contributed by atoms with Gasteiger partial charge in [-0.05, 0) is 108 Å². The van der Waals surface area contributed by atoms with Crippen molar-refractivity contribution in [2.75, 3.05) is 0 Å². The molecule has 260 valence electrons. The lowest BCUT2D eigenvalue weighted by Gasteiger charge is -2.14. The number of benzene rings is 8. The Morgan fingerprint density at radius 2 is 0.768 bits per heavy atom. The maximum absolute atomic E-state index is 16.0. The summed E-state index contributed by atoms with van der Waals surface area (Å²) in [5.41, 5.74) is 11.0. The predicted molar refractivity (Wildman–Crippen MR) is 227 cm³/mol. The summed E-state index contributed by atoms with van der Waals surface area (Å²) in [4.78, 5) is 7.52. The van der Waals surface area contributed by atoms with E-state index in [1.54, 1.807) is 12.1 Å². The predicted octanol–water partition coefficient (Wildman–Crippen LogP) is 13.9. The van der Waals surface area contributed by atoms with E-state index in [1.807, 2.05) is 72.8 Å². The number of hydrogen-bond acceptors (Lipinski definition) is 0. The number of fused-ring (bicyclic) bond motifs is 9. The van der Waals surface area contributed by atoms with Crippen molar-refractivity contribution >= 4 is 76.8 Å². The number of nitrogens with zero attached hydrogens (tertiary/aromatic N) is 5. The summed E-state index contributed by atoms with van der Waals surface area (Å²) in [7, 11) is 0. The van der Waals surface area contributed by atoms with Gasteiger partial charge in [-0.3, -0.25) is 0 Å². The third kappa shape index (κ3) is 4.64. The summed E-state index contributed by atoms with van der Waals surface area (Å²) in [5.74, 6) is -0.372. The maximum Gasteiger partial charge on any atom is 0.189 e. The molecule has 0 aliphatic rings. The largest absolute Gasteiger partial charge is 0.311 e. The normalized spacial score (nSPS) is 11.6. The second-order valence-electron chi connectivity index (χ2n) is 14.1. The summed E-state index contributed by atoms with van der Waals surface area (Å²) in [6.45, 7) is 15.6. The van der Waals surface area contributed by atoms with Crippen molar-refractivity contribution in [3.63, 3.8) is 0 Å². The molecule has 0 N–H and O–H groups in total. The molecule has 6 heteroatoms. The highest BCUT2D eigenvalue weighted by Gasteiger charge is 2.19. The molecule has 8 aromatic carbocycles. The topological polar surface area (TPSA) is 23.5 Å². The van der Waals surface area contributed by atoms with E-state index >= 15 is 4.39 Å². The molecule has 0 saturated heterocycles. The van der Waals surface area contributed by atoms with E-state index in [1.165, 1.54) is 10.8 Å². The minimum absolute atomic E-state index is 0.372. The van der Waals surface area contributed by atoms with Gasteiger partial charge in [-0.25, -0.2) is 14.1 Å². The first-order valence-corrected chi connectivity index (χ1v) is 18.3. The second kappa shape index (κ2) is 12.0. The first kappa shape index (κ1) is 31.6. The molecule has 0 aliphatic carbocycles. The van der Waals surface area contributed by atoms with Gasteiger partial charge in [-0.2, -0.15) is 0 Å². The Bertz CT molecular complexity index is 3480. The van der Waals surface area contributed by atoms with Crippen LogP contribution in [-0.2, 0) is 0 Å². The zero-order chi connectivity index (χ0) is 37.5. The standard InChI is InChI=1S/C50H28FN5/c1-52-34-19-21-49-43(29-34)41-13-5-9-17-47(41)56(49)38-26-32(24-35(28-38)53-2)31-23-33(51)27-37(25-31)55-48-18-10-6-14-42(48)44-30-36(20-22-50(44)55)54-45-15-7-3-11-39(45)40-12-4-8-16-46(40)54/h3-30H. The molecule has 56 heavy (non-hydrogen) atoms. The van der Waals surface area contributed by atoms with Gasteiger partial charge in [0.15, 0.2) is 11.4 Å². The van der Waals surface area contributed by atoms with Crippen LogP contribution in [-0.4, -0.2) is 13.7 Å². The van der Waals surface area contributed by atoms with E-state index in [9.17, 15) is 0 Å². The molecule has 0 unspecified atom stereocenters. The molecular formula is C50H28FN5. The molecule has 0 radical (unpaired) electrons. The van der Waals surface area contributed by atoms with Gasteiger partial charge in [0, 0.05) is 44.0 Å². The van der Waals surface area contributed by atoms with Crippen LogP contribution < -0.4 is 0 Å². The van der Waals surface area contributed by atoms with E-state index < -0.39 is 0 Å². The van der Waals surface area contributed by atoms with Crippen molar-refractivity contribution in [1.82, 2.24) is 13.7 Å². The van der Waals surface area contributed by atoms with Crippen LogP contribution >= 0.6 is 0 Å². The third-order valence-corrected chi connectivity index (χ3v) is 11.0. The summed E-state index contributed by atoms with van der Waals surface area (Å²) in [6.07, 6.45) is 0. The van der Waals surface area contributed by atoms with Gasteiger partial charge in [0.25, 0.3) is 0 Å². The number of para-hydroxylation sites is 4. The highest BCUT2D eigenvalue weighted by atomic mass is 19.1. The molecule has 11 aromatic rings. The van der Waals surface area contributed by atoms with Crippen molar-refractivity contribution in [2.45, 2.75) is 0 Å². The van der Waals surface area contributed by atoms with Crippen molar-refractivity contribution in [2.24, 2.45) is 0 Å². The molecule has 11 rings (SSSR count). The molecule has 0 spiro atoms. The Hall–Kier alpha value is -7.93. The fourth-order valence-corrected chi connectivity index (χ4v) is 8.71. The van der Waals surface area contributed by atoms with Crippen molar-refractivity contribution in [3.8, 4) is 28.2 Å². The van der Waals surface area contributed by atoms with Crippen LogP contribution in [0.1, 0.15) is 0 Å². The average Bonchev–Trinajstić information content (AvgIpc) is 3.88. The average molecular weight is 718 g/mol. The Morgan fingerprint density at radius 1 is 0.339 bits per heavy atom. The Morgan fingerprint density at radius 3 is 1.32 bits per heavy atom. The zero-order valence-electron chi connectivity index (χ0n) is 29.8. The fraction of sp³-hybridized carbons (Fsp3) is 0. The second-order valence-corrected chi connectivity index (χ2v) is 14.1. The van der Waals surface area contributed by atoms with Crippen LogP contribution in [0.2, 0.25) is 0 Å². The van der Waals surface area contributed by atoms with Crippen LogP contribution in [0.4, 0.5) is 15.8 Å². The quantitative estimate of drug-likeness (QED) is 0.162. The van der Waals surface area contributed by atoms with Gasteiger partial charge in [0.2, 0.25) is 0 Å². The zero-order valence-corrected chi connectivity index (χ0v) is 29.8. The van der Waals surface area contributed by atoms with E-state index in [0.29, 0.717) is 22.6 Å². The molecule has 0 aliphatic heterocycles. The molecule has 0 fully saturated rings. The molecule has 0 atom stereocenters. The van der Waals surface area contributed by atoms with E-state index in [0.717, 1.165) is 71.6 Å². The van der Waals surface area contributed by atoms with Gasteiger partial charge in [0.05, 0.1) is 46.2 Å². The minimum atomic E-state index is -0.372. The summed E-state index contributed by atoms with van der Waals surface area (Å²) < 4.78 is 22.6. The number of aromatic nitrogens is 3. The van der Waals surface area contributed by atoms with Crippen molar-refractivity contribution in [3.05, 3.63) is 199 Å². The Kier molecular flexibility index (Phi) is 6.79. The molecule has 3 aromatic heterocycles. The summed E-state index contributed by atoms with van der Waals surface area (Å²) in [5, 5.41) is 6.52. The lowest BCUT2D eigenvalue weighted by Crippen LogP contribution is -1.98. The van der Waals surface area contributed by atoms with Gasteiger partial charge in [-0.15, -0.1) is 0 Å². The third-order valence-electron chi connectivity index (χ3n) is 11.0. The van der Waals surface area contributed by atoms with Gasteiger partial charge in [0.1, 0.15) is 5.82 Å². The highest BCUT2D eigenvalue weighted by molar-refractivity contribution is 6.13. The summed E-state index contributed by atoms with van der Waals surface area (Å²) >= 11 is 0. The van der Waals surface area contributed by atoms with E-state index in [-0.39, 0.29) is 5.82 Å². The highest BCUT2D eigenvalue weighted by Crippen LogP contribution is 2.40. The first-order chi connectivity index (χ1) is 27.6. The van der Waals surface area contributed by atoms with Crippen LogP contribution in [0, 0.1) is 19.0 Å². The lowest BCUT2D eigenvalue weighted by atomic mass is 10.0. The minimum Gasteiger partial charge on any atom is -0.311 e. The molecular weight excluding hydrogens is 690 g/mol. The molecule has 0 saturated carbocycles. The van der Waals surface area contributed by atoms with Crippen LogP contribution in [0.25, 0.3) is 103 Å². The number of hydrogen-bond donors (Lipinski definition) is 0. The van der Waals surface area contributed by atoms with Gasteiger partial charge in [-0.1, -0.05) is 78.9 Å². The van der Waals surface area contributed by atoms with Crippen LogP contribution in [0.5, 0.6) is 0 Å². The maximum atomic E-state index is 16.0. The van der Waals surface area contributed by atoms with Crippen LogP contribution in [0.3, 0.4) is 0 Å². The Labute approximate surface area is 320 Å². The van der Waals surface area contributed by atoms with Gasteiger partial charge < -0.3 is 13.7 Å². The molecule has 0 amide bonds. The van der Waals surface area contributed by atoms with E-state index in [2.05, 4.69) is 108 Å². The SMILES string of the molecule is [C-]#[N+]c1cc(-c2cc(F)cc(-n3c4ccccc4c4cc(-n5c6ccccc6c6ccccc65)ccc43)c2)cc(-n2c3ccccc3c3cc([N+]#[C-])ccc32)c1. The monoisotopic (exact) mass is 717 g/mol. The van der Waals surface area contributed by atoms with E-state index in [4.69, 9.17) is 13.1 Å².